The van der Waals surface area contributed by atoms with Crippen molar-refractivity contribution in [3.63, 3.8) is 0 Å². The molecule has 1 saturated heterocycles. The number of nitrogens with one attached hydrogen (secondary N) is 2. The predicted octanol–water partition coefficient (Wildman–Crippen LogP) is 3.19. The molecule has 0 unspecified atom stereocenters. The van der Waals surface area contributed by atoms with Crippen molar-refractivity contribution in [3.8, 4) is 0 Å². The fourth-order valence-electron chi connectivity index (χ4n) is 3.40. The van der Waals surface area contributed by atoms with Gasteiger partial charge in [-0.25, -0.2) is 0 Å². The first-order valence-electron chi connectivity index (χ1n) is 8.12. The first-order valence-corrected chi connectivity index (χ1v) is 8.12. The van der Waals surface area contributed by atoms with E-state index in [1.807, 2.05) is 6.07 Å². The summed E-state index contributed by atoms with van der Waals surface area (Å²) in [6.07, 6.45) is 3.07. The van der Waals surface area contributed by atoms with Crippen LogP contribution in [0.2, 0.25) is 0 Å². The maximum atomic E-state index is 12.4. The van der Waals surface area contributed by atoms with Crippen molar-refractivity contribution in [3.05, 3.63) is 29.3 Å². The molecule has 23 heavy (non-hydrogen) atoms. The van der Waals surface area contributed by atoms with Crippen LogP contribution in [0.3, 0.4) is 0 Å². The molecule has 0 saturated carbocycles. The number of halogens is 2. The average Bonchev–Trinajstić information content (AvgIpc) is 2.92. The van der Waals surface area contributed by atoms with E-state index in [0.717, 1.165) is 51.3 Å². The van der Waals surface area contributed by atoms with Crippen molar-refractivity contribution >= 4 is 36.4 Å². The Labute approximate surface area is 151 Å². The van der Waals surface area contributed by atoms with E-state index >= 15 is 0 Å². The first kappa shape index (κ1) is 20.2. The molecule has 2 aliphatic rings. The van der Waals surface area contributed by atoms with E-state index < -0.39 is 0 Å². The summed E-state index contributed by atoms with van der Waals surface area (Å²) >= 11 is 0. The number of nitrogens with zero attached hydrogens (tertiary/aromatic N) is 1. The molecule has 0 radical (unpaired) electrons. The van der Waals surface area contributed by atoms with Gasteiger partial charge in [0.15, 0.2) is 0 Å². The van der Waals surface area contributed by atoms with Crippen LogP contribution in [0.4, 0.5) is 5.69 Å². The summed E-state index contributed by atoms with van der Waals surface area (Å²) in [5.74, 6) is 0.356. The minimum Gasteiger partial charge on any atom is -0.326 e. The predicted molar refractivity (Wildman–Crippen MR) is 99.6 cm³/mol. The number of carbonyl (C=O) groups excluding carboxylic acids is 1. The van der Waals surface area contributed by atoms with Crippen LogP contribution in [-0.2, 0) is 17.9 Å². The van der Waals surface area contributed by atoms with Crippen LogP contribution < -0.4 is 10.6 Å². The molecule has 0 aliphatic carbocycles. The highest BCUT2D eigenvalue weighted by Crippen LogP contribution is 2.30. The number of fused-ring (bicyclic) bond motifs is 1. The zero-order valence-electron chi connectivity index (χ0n) is 13.6. The second kappa shape index (κ2) is 9.48. The molecule has 4 nitrogen and oxygen atoms in total. The highest BCUT2D eigenvalue weighted by Gasteiger charge is 2.24. The molecule has 2 aliphatic heterocycles. The second-order valence-electron chi connectivity index (χ2n) is 6.17. The van der Waals surface area contributed by atoms with E-state index in [1.54, 1.807) is 0 Å². The third-order valence-electron chi connectivity index (χ3n) is 4.56. The Hall–Kier alpha value is -0.810. The molecule has 0 spiro atoms. The molecule has 1 fully saturated rings. The van der Waals surface area contributed by atoms with E-state index in [-0.39, 0.29) is 36.6 Å². The maximum absolute atomic E-state index is 12.4. The maximum Gasteiger partial charge on any atom is 0.227 e. The standard InChI is InChI=1S/C17H25N3O.2ClH/c1-2-10-20-11-14-4-3-5-16(15(14)12-20)19-17(21)13-6-8-18-9-7-13;;/h3-5,13,18H,2,6-12H2,1H3,(H,19,21);2*1H. The van der Waals surface area contributed by atoms with Crippen LogP contribution in [0.1, 0.15) is 37.3 Å². The Bertz CT molecular complexity index is 519. The molecular formula is C17H27Cl2N3O. The Morgan fingerprint density at radius 1 is 1.26 bits per heavy atom. The van der Waals surface area contributed by atoms with Crippen LogP contribution in [-0.4, -0.2) is 30.4 Å². The van der Waals surface area contributed by atoms with E-state index in [2.05, 4.69) is 34.6 Å². The summed E-state index contributed by atoms with van der Waals surface area (Å²) in [5, 5.41) is 6.49. The zero-order valence-corrected chi connectivity index (χ0v) is 15.3. The topological polar surface area (TPSA) is 44.4 Å². The number of benzene rings is 1. The van der Waals surface area contributed by atoms with Gasteiger partial charge >= 0.3 is 0 Å². The smallest absolute Gasteiger partial charge is 0.227 e. The van der Waals surface area contributed by atoms with Crippen LogP contribution in [0.25, 0.3) is 0 Å². The minimum absolute atomic E-state index is 0. The second-order valence-corrected chi connectivity index (χ2v) is 6.17. The number of piperidine rings is 1. The first-order chi connectivity index (χ1) is 10.3. The highest BCUT2D eigenvalue weighted by molar-refractivity contribution is 5.93. The molecular weight excluding hydrogens is 333 g/mol. The van der Waals surface area contributed by atoms with Crippen molar-refractivity contribution in [1.29, 1.82) is 0 Å². The molecule has 0 aromatic heterocycles. The van der Waals surface area contributed by atoms with Gasteiger partial charge in [-0.15, -0.1) is 24.8 Å². The van der Waals surface area contributed by atoms with Gasteiger partial charge in [-0.05, 0) is 56.1 Å². The van der Waals surface area contributed by atoms with Crippen molar-refractivity contribution < 1.29 is 4.79 Å². The van der Waals surface area contributed by atoms with Crippen molar-refractivity contribution in [2.24, 2.45) is 5.92 Å². The number of amides is 1. The number of rotatable bonds is 4. The van der Waals surface area contributed by atoms with Gasteiger partial charge in [-0.3, -0.25) is 9.69 Å². The summed E-state index contributed by atoms with van der Waals surface area (Å²) in [6, 6.07) is 6.30. The Kier molecular flexibility index (Phi) is 8.34. The Morgan fingerprint density at radius 2 is 2.00 bits per heavy atom. The number of hydrogen-bond acceptors (Lipinski definition) is 3. The summed E-state index contributed by atoms with van der Waals surface area (Å²) in [7, 11) is 0. The highest BCUT2D eigenvalue weighted by atomic mass is 35.5. The summed E-state index contributed by atoms with van der Waals surface area (Å²) in [6.45, 7) is 7.22. The number of carbonyl (C=O) groups is 1. The molecule has 0 bridgehead atoms. The van der Waals surface area contributed by atoms with Crippen molar-refractivity contribution in [1.82, 2.24) is 10.2 Å². The number of hydrogen-bond donors (Lipinski definition) is 2. The van der Waals surface area contributed by atoms with Crippen LogP contribution in [0.15, 0.2) is 18.2 Å². The monoisotopic (exact) mass is 359 g/mol. The quantitative estimate of drug-likeness (QED) is 0.867. The van der Waals surface area contributed by atoms with E-state index in [4.69, 9.17) is 0 Å². The van der Waals surface area contributed by atoms with Crippen LogP contribution in [0.5, 0.6) is 0 Å². The average molecular weight is 360 g/mol. The lowest BCUT2D eigenvalue weighted by molar-refractivity contribution is -0.120. The lowest BCUT2D eigenvalue weighted by Crippen LogP contribution is -2.34. The van der Waals surface area contributed by atoms with Gasteiger partial charge in [0.1, 0.15) is 0 Å². The van der Waals surface area contributed by atoms with Crippen molar-refractivity contribution in [2.45, 2.75) is 39.3 Å². The van der Waals surface area contributed by atoms with Crippen molar-refractivity contribution in [2.75, 3.05) is 25.0 Å². The van der Waals surface area contributed by atoms with Crippen LogP contribution >= 0.6 is 24.8 Å². The summed E-state index contributed by atoms with van der Waals surface area (Å²) < 4.78 is 0. The molecule has 130 valence electrons. The molecule has 1 amide bonds. The lowest BCUT2D eigenvalue weighted by atomic mass is 9.97. The molecule has 2 N–H and O–H groups in total. The van der Waals surface area contributed by atoms with E-state index in [0.29, 0.717) is 0 Å². The fraction of sp³-hybridized carbons (Fsp3) is 0.588. The summed E-state index contributed by atoms with van der Waals surface area (Å²) in [5.41, 5.74) is 3.70. The Balaban J connectivity index is 0.00000132. The molecule has 2 heterocycles. The van der Waals surface area contributed by atoms with Gasteiger partial charge < -0.3 is 10.6 Å². The molecule has 1 aromatic rings. The lowest BCUT2D eigenvalue weighted by Gasteiger charge is -2.22. The van der Waals surface area contributed by atoms with Gasteiger partial charge in [0.05, 0.1) is 0 Å². The fourth-order valence-corrected chi connectivity index (χ4v) is 3.40. The SMILES string of the molecule is CCCN1Cc2cccc(NC(=O)C3CCNCC3)c2C1.Cl.Cl. The Morgan fingerprint density at radius 3 is 2.70 bits per heavy atom. The van der Waals surface area contributed by atoms with E-state index in [9.17, 15) is 4.79 Å². The molecule has 6 heteroatoms. The molecule has 3 rings (SSSR count). The van der Waals surface area contributed by atoms with Gasteiger partial charge in [0, 0.05) is 24.7 Å². The third-order valence-corrected chi connectivity index (χ3v) is 4.56. The molecule has 1 aromatic carbocycles. The van der Waals surface area contributed by atoms with E-state index in [1.165, 1.54) is 17.5 Å². The summed E-state index contributed by atoms with van der Waals surface area (Å²) in [4.78, 5) is 14.9. The normalized spacial score (nSPS) is 17.8. The van der Waals surface area contributed by atoms with Gasteiger partial charge in [-0.2, -0.15) is 0 Å². The van der Waals surface area contributed by atoms with Crippen LogP contribution in [0, 0.1) is 5.92 Å². The largest absolute Gasteiger partial charge is 0.326 e. The van der Waals surface area contributed by atoms with Gasteiger partial charge in [0.25, 0.3) is 0 Å². The van der Waals surface area contributed by atoms with Gasteiger partial charge in [0.2, 0.25) is 5.91 Å². The zero-order chi connectivity index (χ0) is 14.7. The number of anilines is 1. The molecule has 0 atom stereocenters. The minimum atomic E-state index is 0. The van der Waals surface area contributed by atoms with Gasteiger partial charge in [-0.1, -0.05) is 19.1 Å². The third kappa shape index (κ3) is 4.83.